The molecule has 1 aromatic carbocycles. The SMILES string of the molecule is c1ccc(-c2cccc3[nH]c(-c4n[nH]c5cnc(-c6cncc(OC7CCNCC7)c6)cc45)nc23)nc1. The number of benzene rings is 1. The van der Waals surface area contributed by atoms with Crippen molar-refractivity contribution in [3.63, 3.8) is 0 Å². The Morgan fingerprint density at radius 2 is 1.81 bits per heavy atom. The van der Waals surface area contributed by atoms with E-state index in [1.165, 1.54) is 0 Å². The van der Waals surface area contributed by atoms with Gasteiger partial charge in [0, 0.05) is 28.9 Å². The van der Waals surface area contributed by atoms with Crippen molar-refractivity contribution in [2.45, 2.75) is 18.9 Å². The van der Waals surface area contributed by atoms with Crippen LogP contribution in [0, 0.1) is 0 Å². The molecular weight excluding hydrogens is 464 g/mol. The fraction of sp³-hybridized carbons (Fsp3) is 0.179. The van der Waals surface area contributed by atoms with Crippen molar-refractivity contribution < 1.29 is 4.74 Å². The normalized spacial score (nSPS) is 14.4. The first-order chi connectivity index (χ1) is 18.3. The van der Waals surface area contributed by atoms with Gasteiger partial charge in [0.15, 0.2) is 5.82 Å². The Morgan fingerprint density at radius 3 is 2.70 bits per heavy atom. The van der Waals surface area contributed by atoms with Gasteiger partial charge in [0.05, 0.1) is 40.3 Å². The molecule has 7 rings (SSSR count). The number of H-pyrrole nitrogens is 2. The summed E-state index contributed by atoms with van der Waals surface area (Å²) in [7, 11) is 0. The van der Waals surface area contributed by atoms with E-state index in [1.54, 1.807) is 18.6 Å². The molecular formula is C28H24N8O. The topological polar surface area (TPSA) is 117 Å². The maximum atomic E-state index is 6.20. The Labute approximate surface area is 212 Å². The molecule has 1 saturated heterocycles. The number of nitrogens with one attached hydrogen (secondary N) is 3. The van der Waals surface area contributed by atoms with E-state index in [2.05, 4.69) is 35.5 Å². The summed E-state index contributed by atoms with van der Waals surface area (Å²) in [5.74, 6) is 1.45. The Balaban J connectivity index is 1.26. The van der Waals surface area contributed by atoms with E-state index in [1.807, 2.05) is 54.7 Å². The summed E-state index contributed by atoms with van der Waals surface area (Å²) in [4.78, 5) is 21.9. The Kier molecular flexibility index (Phi) is 5.32. The van der Waals surface area contributed by atoms with Crippen LogP contribution in [0.2, 0.25) is 0 Å². The predicted molar refractivity (Wildman–Crippen MR) is 142 cm³/mol. The highest BCUT2D eigenvalue weighted by Gasteiger charge is 2.18. The Hall–Kier alpha value is -4.63. The van der Waals surface area contributed by atoms with Crippen LogP contribution in [0.5, 0.6) is 5.75 Å². The molecule has 0 bridgehead atoms. The molecule has 6 heterocycles. The number of imidazole rings is 1. The standard InChI is InChI=1S/C28H24N8O/c1-2-9-31-22(5-1)20-4-3-6-23-26(20)34-28(33-23)27-21-13-24(32-16-25(21)35-36-27)17-12-19(15-30-14-17)37-18-7-10-29-11-8-18/h1-6,9,12-16,18,29H,7-8,10-11H2,(H,33,34)(H,35,36). The highest BCUT2D eigenvalue weighted by atomic mass is 16.5. The highest BCUT2D eigenvalue weighted by Crippen LogP contribution is 2.32. The number of hydrogen-bond acceptors (Lipinski definition) is 7. The Bertz CT molecular complexity index is 1700. The second kappa shape index (κ2) is 9.11. The molecule has 182 valence electrons. The number of ether oxygens (including phenoxy) is 1. The second-order valence-corrected chi connectivity index (χ2v) is 9.17. The number of rotatable bonds is 5. The number of piperidine rings is 1. The van der Waals surface area contributed by atoms with Gasteiger partial charge in [-0.25, -0.2) is 4.98 Å². The third-order valence-electron chi connectivity index (χ3n) is 6.72. The fourth-order valence-corrected chi connectivity index (χ4v) is 4.86. The summed E-state index contributed by atoms with van der Waals surface area (Å²) in [6.07, 6.45) is 9.35. The molecule has 1 aliphatic heterocycles. The highest BCUT2D eigenvalue weighted by molar-refractivity contribution is 5.97. The number of nitrogens with zero attached hydrogens (tertiary/aromatic N) is 5. The van der Waals surface area contributed by atoms with Gasteiger partial charge >= 0.3 is 0 Å². The fourth-order valence-electron chi connectivity index (χ4n) is 4.86. The number of fused-ring (bicyclic) bond motifs is 2. The van der Waals surface area contributed by atoms with Gasteiger partial charge in [-0.05, 0) is 56.3 Å². The lowest BCUT2D eigenvalue weighted by atomic mass is 10.1. The molecule has 1 fully saturated rings. The minimum atomic E-state index is 0.207. The van der Waals surface area contributed by atoms with Crippen LogP contribution in [0.25, 0.3) is 56.0 Å². The Morgan fingerprint density at radius 1 is 0.865 bits per heavy atom. The van der Waals surface area contributed by atoms with Crippen LogP contribution >= 0.6 is 0 Å². The minimum absolute atomic E-state index is 0.207. The first kappa shape index (κ1) is 21.6. The predicted octanol–water partition coefficient (Wildman–Crippen LogP) is 4.76. The van der Waals surface area contributed by atoms with Crippen LogP contribution in [0.4, 0.5) is 0 Å². The van der Waals surface area contributed by atoms with Crippen molar-refractivity contribution in [2.24, 2.45) is 0 Å². The van der Waals surface area contributed by atoms with E-state index < -0.39 is 0 Å². The molecule has 37 heavy (non-hydrogen) atoms. The quantitative estimate of drug-likeness (QED) is 0.320. The summed E-state index contributed by atoms with van der Waals surface area (Å²) in [5.41, 5.74) is 6.88. The van der Waals surface area contributed by atoms with Gasteiger partial charge in [-0.2, -0.15) is 5.10 Å². The van der Waals surface area contributed by atoms with Crippen molar-refractivity contribution in [1.29, 1.82) is 0 Å². The van der Waals surface area contributed by atoms with Crippen molar-refractivity contribution in [1.82, 2.24) is 40.4 Å². The first-order valence-corrected chi connectivity index (χ1v) is 12.4. The van der Waals surface area contributed by atoms with Gasteiger partial charge in [0.2, 0.25) is 0 Å². The molecule has 5 aromatic heterocycles. The van der Waals surface area contributed by atoms with Crippen molar-refractivity contribution in [3.8, 4) is 39.8 Å². The van der Waals surface area contributed by atoms with Crippen LogP contribution in [-0.4, -0.2) is 54.3 Å². The average molecular weight is 489 g/mol. The molecule has 0 radical (unpaired) electrons. The van der Waals surface area contributed by atoms with Crippen molar-refractivity contribution >= 4 is 21.9 Å². The third kappa shape index (κ3) is 4.09. The van der Waals surface area contributed by atoms with Gasteiger partial charge < -0.3 is 15.0 Å². The zero-order valence-corrected chi connectivity index (χ0v) is 20.0. The van der Waals surface area contributed by atoms with Crippen LogP contribution in [0.1, 0.15) is 12.8 Å². The smallest absolute Gasteiger partial charge is 0.159 e. The average Bonchev–Trinajstić information content (AvgIpc) is 3.58. The van der Waals surface area contributed by atoms with Crippen molar-refractivity contribution in [3.05, 3.63) is 73.3 Å². The molecule has 3 N–H and O–H groups in total. The zero-order chi connectivity index (χ0) is 24.6. The number of pyridine rings is 3. The van der Waals surface area contributed by atoms with Crippen LogP contribution < -0.4 is 10.1 Å². The van der Waals surface area contributed by atoms with Gasteiger partial charge in [0.25, 0.3) is 0 Å². The van der Waals surface area contributed by atoms with E-state index in [4.69, 9.17) is 9.72 Å². The van der Waals surface area contributed by atoms with Gasteiger partial charge in [0.1, 0.15) is 17.5 Å². The number of hydrogen-bond donors (Lipinski definition) is 3. The van der Waals surface area contributed by atoms with Gasteiger partial charge in [-0.1, -0.05) is 18.2 Å². The second-order valence-electron chi connectivity index (χ2n) is 9.17. The monoisotopic (exact) mass is 488 g/mol. The van der Waals surface area contributed by atoms with Crippen LogP contribution in [0.3, 0.4) is 0 Å². The molecule has 9 nitrogen and oxygen atoms in total. The largest absolute Gasteiger partial charge is 0.489 e. The van der Waals surface area contributed by atoms with E-state index in [-0.39, 0.29) is 6.10 Å². The first-order valence-electron chi connectivity index (χ1n) is 12.4. The molecule has 0 spiro atoms. The molecule has 0 amide bonds. The van der Waals surface area contributed by atoms with Crippen LogP contribution in [-0.2, 0) is 0 Å². The summed E-state index contributed by atoms with van der Waals surface area (Å²) >= 11 is 0. The van der Waals surface area contributed by atoms with Crippen molar-refractivity contribution in [2.75, 3.05) is 13.1 Å². The molecule has 0 aliphatic carbocycles. The molecule has 1 aliphatic rings. The lowest BCUT2D eigenvalue weighted by molar-refractivity contribution is 0.162. The summed E-state index contributed by atoms with van der Waals surface area (Å²) in [5, 5.41) is 12.0. The third-order valence-corrected chi connectivity index (χ3v) is 6.72. The molecule has 0 unspecified atom stereocenters. The maximum absolute atomic E-state index is 6.20. The molecule has 6 aromatic rings. The molecule has 9 heteroatoms. The van der Waals surface area contributed by atoms with E-state index in [9.17, 15) is 0 Å². The molecule has 0 saturated carbocycles. The lowest BCUT2D eigenvalue weighted by Gasteiger charge is -2.23. The summed E-state index contributed by atoms with van der Waals surface area (Å²) in [6.45, 7) is 1.95. The van der Waals surface area contributed by atoms with E-state index in [0.717, 1.165) is 81.8 Å². The minimum Gasteiger partial charge on any atom is -0.489 e. The van der Waals surface area contributed by atoms with Gasteiger partial charge in [-0.15, -0.1) is 0 Å². The molecule has 0 atom stereocenters. The van der Waals surface area contributed by atoms with Crippen LogP contribution in [0.15, 0.2) is 73.3 Å². The lowest BCUT2D eigenvalue weighted by Crippen LogP contribution is -2.34. The number of aromatic nitrogens is 7. The summed E-state index contributed by atoms with van der Waals surface area (Å²) < 4.78 is 6.20. The zero-order valence-electron chi connectivity index (χ0n) is 20.0. The van der Waals surface area contributed by atoms with E-state index in [0.29, 0.717) is 5.82 Å². The van der Waals surface area contributed by atoms with Gasteiger partial charge in [-0.3, -0.25) is 20.1 Å². The summed E-state index contributed by atoms with van der Waals surface area (Å²) in [6, 6.07) is 16.0. The number of para-hydroxylation sites is 1. The number of aromatic amines is 2. The maximum Gasteiger partial charge on any atom is 0.159 e. The van der Waals surface area contributed by atoms with E-state index >= 15 is 0 Å².